The van der Waals surface area contributed by atoms with Crippen molar-refractivity contribution in [2.24, 2.45) is 5.73 Å². The summed E-state index contributed by atoms with van der Waals surface area (Å²) in [5, 5.41) is 5.45. The van der Waals surface area contributed by atoms with Gasteiger partial charge in [-0.15, -0.1) is 36.2 Å². The Kier molecular flexibility index (Phi) is 10.1. The van der Waals surface area contributed by atoms with Crippen LogP contribution in [0.4, 0.5) is 5.13 Å². The summed E-state index contributed by atoms with van der Waals surface area (Å²) in [5.41, 5.74) is 6.73. The number of amides is 1. The van der Waals surface area contributed by atoms with Gasteiger partial charge in [-0.1, -0.05) is 6.42 Å². The van der Waals surface area contributed by atoms with Gasteiger partial charge in [0.15, 0.2) is 5.13 Å². The number of carbonyl (C=O) groups excluding carboxylic acids is 1. The molecule has 1 unspecified atom stereocenters. The van der Waals surface area contributed by atoms with Crippen LogP contribution in [0.25, 0.3) is 0 Å². The van der Waals surface area contributed by atoms with Crippen molar-refractivity contribution in [3.05, 3.63) is 11.1 Å². The molecule has 21 heavy (non-hydrogen) atoms. The minimum absolute atomic E-state index is 0. The largest absolute Gasteiger partial charge is 0.330 e. The van der Waals surface area contributed by atoms with Gasteiger partial charge in [0.1, 0.15) is 0 Å². The zero-order chi connectivity index (χ0) is 13.7. The molecule has 0 aromatic carbocycles. The molecule has 1 amide bonds. The second kappa shape index (κ2) is 10.3. The van der Waals surface area contributed by atoms with E-state index in [1.165, 1.54) is 37.5 Å². The van der Waals surface area contributed by atoms with Crippen molar-refractivity contribution in [1.29, 1.82) is 0 Å². The predicted octanol–water partition coefficient (Wildman–Crippen LogP) is 2.65. The number of nitrogens with two attached hydrogens (primary N) is 1. The maximum atomic E-state index is 11.0. The average molecular weight is 355 g/mol. The smallest absolute Gasteiger partial charge is 0.223 e. The van der Waals surface area contributed by atoms with E-state index in [4.69, 9.17) is 5.73 Å². The normalized spacial score (nSPS) is 18.5. The van der Waals surface area contributed by atoms with Crippen molar-refractivity contribution in [3.8, 4) is 0 Å². The van der Waals surface area contributed by atoms with Crippen LogP contribution in [0.3, 0.4) is 0 Å². The van der Waals surface area contributed by atoms with Crippen molar-refractivity contribution >= 4 is 47.2 Å². The topological polar surface area (TPSA) is 71.2 Å². The molecule has 1 fully saturated rings. The Labute approximate surface area is 142 Å². The number of nitrogens with zero attached hydrogens (tertiary/aromatic N) is 2. The third kappa shape index (κ3) is 6.48. The highest BCUT2D eigenvalue weighted by Gasteiger charge is 2.22. The number of halogens is 2. The number of nitrogens with one attached hydrogen (secondary N) is 1. The lowest BCUT2D eigenvalue weighted by molar-refractivity contribution is -0.114. The standard InChI is InChI=1S/C13H22N4OS.2ClH/c1-10(18)15-13-16-11(9-19-13)8-17-7-3-2-4-12(17)5-6-14;;/h9,12H,2-8,14H2,1H3,(H,15,16,18);2*1H. The molecule has 1 atom stereocenters. The van der Waals surface area contributed by atoms with Crippen LogP contribution in [0.2, 0.25) is 0 Å². The van der Waals surface area contributed by atoms with Gasteiger partial charge in [-0.2, -0.15) is 0 Å². The highest BCUT2D eigenvalue weighted by molar-refractivity contribution is 7.13. The van der Waals surface area contributed by atoms with Crippen LogP contribution < -0.4 is 11.1 Å². The van der Waals surface area contributed by atoms with Gasteiger partial charge < -0.3 is 11.1 Å². The molecular weight excluding hydrogens is 331 g/mol. The maximum absolute atomic E-state index is 11.0. The van der Waals surface area contributed by atoms with Gasteiger partial charge >= 0.3 is 0 Å². The van der Waals surface area contributed by atoms with Gasteiger partial charge in [-0.25, -0.2) is 4.98 Å². The van der Waals surface area contributed by atoms with Gasteiger partial charge in [0.2, 0.25) is 5.91 Å². The van der Waals surface area contributed by atoms with Crippen LogP contribution >= 0.6 is 36.2 Å². The Morgan fingerprint density at radius 1 is 1.52 bits per heavy atom. The number of piperidine rings is 1. The first kappa shape index (κ1) is 20.6. The van der Waals surface area contributed by atoms with Crippen molar-refractivity contribution in [3.63, 3.8) is 0 Å². The second-order valence-corrected chi connectivity index (χ2v) is 5.88. The summed E-state index contributed by atoms with van der Waals surface area (Å²) >= 11 is 1.49. The molecule has 0 radical (unpaired) electrons. The predicted molar refractivity (Wildman–Crippen MR) is 92.6 cm³/mol. The van der Waals surface area contributed by atoms with E-state index < -0.39 is 0 Å². The number of aromatic nitrogens is 1. The van der Waals surface area contributed by atoms with E-state index in [1.54, 1.807) is 0 Å². The van der Waals surface area contributed by atoms with Gasteiger partial charge in [0.05, 0.1) is 5.69 Å². The minimum atomic E-state index is -0.0696. The minimum Gasteiger partial charge on any atom is -0.330 e. The number of carbonyl (C=O) groups is 1. The molecule has 1 aromatic heterocycles. The van der Waals surface area contributed by atoms with Gasteiger partial charge in [-0.3, -0.25) is 9.69 Å². The summed E-state index contributed by atoms with van der Waals surface area (Å²) in [6.07, 6.45) is 4.85. The van der Waals surface area contributed by atoms with E-state index in [9.17, 15) is 4.79 Å². The van der Waals surface area contributed by atoms with Crippen LogP contribution in [0.1, 0.15) is 38.3 Å². The average Bonchev–Trinajstić information content (AvgIpc) is 2.78. The summed E-state index contributed by atoms with van der Waals surface area (Å²) in [4.78, 5) is 17.9. The summed E-state index contributed by atoms with van der Waals surface area (Å²) in [7, 11) is 0. The van der Waals surface area contributed by atoms with Gasteiger partial charge in [0.25, 0.3) is 0 Å². The number of hydrogen-bond donors (Lipinski definition) is 2. The fraction of sp³-hybridized carbons (Fsp3) is 0.692. The third-order valence-electron chi connectivity index (χ3n) is 3.45. The van der Waals surface area contributed by atoms with Crippen LogP contribution in [0.15, 0.2) is 5.38 Å². The molecule has 1 aliphatic heterocycles. The summed E-state index contributed by atoms with van der Waals surface area (Å²) in [5.74, 6) is -0.0696. The lowest BCUT2D eigenvalue weighted by atomic mass is 9.99. The van der Waals surface area contributed by atoms with Crippen LogP contribution in [-0.4, -0.2) is 34.9 Å². The lowest BCUT2D eigenvalue weighted by Gasteiger charge is -2.35. The molecular formula is C13H24Cl2N4OS. The molecule has 0 aliphatic carbocycles. The second-order valence-electron chi connectivity index (χ2n) is 5.02. The fourth-order valence-corrected chi connectivity index (χ4v) is 3.33. The molecule has 5 nitrogen and oxygen atoms in total. The highest BCUT2D eigenvalue weighted by Crippen LogP contribution is 2.23. The van der Waals surface area contributed by atoms with Crippen molar-refractivity contribution in [1.82, 2.24) is 9.88 Å². The Morgan fingerprint density at radius 2 is 2.29 bits per heavy atom. The molecule has 3 N–H and O–H groups in total. The van der Waals surface area contributed by atoms with E-state index in [2.05, 4.69) is 15.2 Å². The Bertz CT molecular complexity index is 428. The van der Waals surface area contributed by atoms with Gasteiger partial charge in [-0.05, 0) is 32.4 Å². The van der Waals surface area contributed by atoms with E-state index in [1.807, 2.05) is 5.38 Å². The molecule has 0 bridgehead atoms. The van der Waals surface area contributed by atoms with E-state index in [0.29, 0.717) is 11.2 Å². The van der Waals surface area contributed by atoms with E-state index in [-0.39, 0.29) is 30.7 Å². The molecule has 0 spiro atoms. The van der Waals surface area contributed by atoms with Crippen molar-refractivity contribution in [2.75, 3.05) is 18.4 Å². The van der Waals surface area contributed by atoms with Crippen molar-refractivity contribution in [2.45, 2.75) is 45.2 Å². The van der Waals surface area contributed by atoms with Crippen LogP contribution in [0, 0.1) is 0 Å². The number of likely N-dealkylation sites (tertiary alicyclic amines) is 1. The first-order valence-electron chi connectivity index (χ1n) is 6.85. The Balaban J connectivity index is 0.00000200. The SMILES string of the molecule is CC(=O)Nc1nc(CN2CCCCC2CCN)cs1.Cl.Cl. The molecule has 1 saturated heterocycles. The Hall–Kier alpha value is -0.400. The fourth-order valence-electron chi connectivity index (χ4n) is 2.58. The van der Waals surface area contributed by atoms with Crippen LogP contribution in [-0.2, 0) is 11.3 Å². The number of hydrogen-bond acceptors (Lipinski definition) is 5. The quantitative estimate of drug-likeness (QED) is 0.852. The number of anilines is 1. The maximum Gasteiger partial charge on any atom is 0.223 e. The van der Waals surface area contributed by atoms with E-state index >= 15 is 0 Å². The van der Waals surface area contributed by atoms with E-state index in [0.717, 1.165) is 31.7 Å². The molecule has 2 rings (SSSR count). The zero-order valence-electron chi connectivity index (χ0n) is 12.2. The molecule has 122 valence electrons. The number of rotatable bonds is 5. The summed E-state index contributed by atoms with van der Waals surface area (Å²) < 4.78 is 0. The molecule has 1 aromatic rings. The van der Waals surface area contributed by atoms with Gasteiger partial charge in [0, 0.05) is 24.9 Å². The molecule has 0 saturated carbocycles. The summed E-state index contributed by atoms with van der Waals surface area (Å²) in [6.45, 7) is 4.23. The molecule has 1 aliphatic rings. The number of thiazole rings is 1. The molecule has 2 heterocycles. The lowest BCUT2D eigenvalue weighted by Crippen LogP contribution is -2.40. The first-order chi connectivity index (χ1) is 9.19. The highest BCUT2D eigenvalue weighted by atomic mass is 35.5. The first-order valence-corrected chi connectivity index (χ1v) is 7.73. The Morgan fingerprint density at radius 3 is 2.95 bits per heavy atom. The monoisotopic (exact) mass is 354 g/mol. The zero-order valence-corrected chi connectivity index (χ0v) is 14.7. The third-order valence-corrected chi connectivity index (χ3v) is 4.26. The van der Waals surface area contributed by atoms with Crippen LogP contribution in [0.5, 0.6) is 0 Å². The van der Waals surface area contributed by atoms with Crippen molar-refractivity contribution < 1.29 is 4.79 Å². The summed E-state index contributed by atoms with van der Waals surface area (Å²) in [6, 6.07) is 0.588. The molecule has 8 heteroatoms.